The van der Waals surface area contributed by atoms with Crippen LogP contribution in [0.2, 0.25) is 5.02 Å². The Hall–Kier alpha value is -0.880. The van der Waals surface area contributed by atoms with Crippen LogP contribution in [0, 0.1) is 0 Å². The highest BCUT2D eigenvalue weighted by atomic mass is 79.9. The molecule has 2 nitrogen and oxygen atoms in total. The molecule has 1 atom stereocenters. The van der Waals surface area contributed by atoms with Gasteiger partial charge >= 0.3 is 0 Å². The summed E-state index contributed by atoms with van der Waals surface area (Å²) in [5.74, 6) is 0.798. The summed E-state index contributed by atoms with van der Waals surface area (Å²) in [7, 11) is 1.66. The van der Waals surface area contributed by atoms with E-state index in [2.05, 4.69) is 55.4 Å². The molecular formula is C19H16Br2ClNOS. The van der Waals surface area contributed by atoms with Gasteiger partial charge in [-0.05, 0) is 46.6 Å². The number of ether oxygens (including phenoxy) is 1. The van der Waals surface area contributed by atoms with Crippen molar-refractivity contribution in [2.24, 2.45) is 0 Å². The molecule has 6 heteroatoms. The van der Waals surface area contributed by atoms with Crippen LogP contribution in [-0.4, -0.2) is 12.4 Å². The van der Waals surface area contributed by atoms with Gasteiger partial charge in [-0.2, -0.15) is 0 Å². The number of nitrogens with one attached hydrogen (secondary N) is 1. The molecule has 130 valence electrons. The van der Waals surface area contributed by atoms with E-state index in [9.17, 15) is 0 Å². The molecule has 0 saturated carbocycles. The van der Waals surface area contributed by atoms with Gasteiger partial charge in [0, 0.05) is 20.3 Å². The Morgan fingerprint density at radius 2 is 2.04 bits per heavy atom. The van der Waals surface area contributed by atoms with Gasteiger partial charge in [0.25, 0.3) is 0 Å². The molecule has 0 spiro atoms. The number of hydrogen-bond acceptors (Lipinski definition) is 3. The lowest BCUT2D eigenvalue weighted by molar-refractivity contribution is 0.415. The monoisotopic (exact) mass is 499 g/mol. The van der Waals surface area contributed by atoms with Gasteiger partial charge in [0.2, 0.25) is 0 Å². The molecule has 3 rings (SSSR count). The van der Waals surface area contributed by atoms with E-state index in [-0.39, 0.29) is 0 Å². The summed E-state index contributed by atoms with van der Waals surface area (Å²) in [6, 6.07) is 11.8. The number of benzene rings is 2. The molecule has 0 bridgehead atoms. The third-order valence-corrected chi connectivity index (χ3v) is 6.73. The standard InChI is InChI=1S/C19H16Br2ClNOS/c1-24-13-7-10-15(21)18(11-13)23-17-4-2-3-16(22)19(17)25-14-8-5-12(20)6-9-14/h2-8,10-11,14,23H,9H2,1H3. The average Bonchev–Trinajstić information content (AvgIpc) is 2.61. The van der Waals surface area contributed by atoms with Gasteiger partial charge in [-0.25, -0.2) is 0 Å². The van der Waals surface area contributed by atoms with E-state index in [1.807, 2.05) is 36.4 Å². The molecule has 0 radical (unpaired) electrons. The number of thioether (sulfide) groups is 1. The summed E-state index contributed by atoms with van der Waals surface area (Å²) < 4.78 is 7.41. The van der Waals surface area contributed by atoms with Crippen molar-refractivity contribution in [1.82, 2.24) is 0 Å². The van der Waals surface area contributed by atoms with Crippen LogP contribution in [0.15, 0.2) is 68.5 Å². The van der Waals surface area contributed by atoms with Crippen LogP contribution in [0.5, 0.6) is 5.75 Å². The smallest absolute Gasteiger partial charge is 0.121 e. The fraction of sp³-hybridized carbons (Fsp3) is 0.158. The molecule has 25 heavy (non-hydrogen) atoms. The lowest BCUT2D eigenvalue weighted by Gasteiger charge is -2.19. The quantitative estimate of drug-likeness (QED) is 0.457. The molecule has 2 aromatic rings. The maximum Gasteiger partial charge on any atom is 0.121 e. The van der Waals surface area contributed by atoms with Crippen molar-refractivity contribution in [3.05, 3.63) is 68.6 Å². The zero-order chi connectivity index (χ0) is 17.8. The normalized spacial score (nSPS) is 16.5. The van der Waals surface area contributed by atoms with Crippen LogP contribution in [0.4, 0.5) is 11.4 Å². The number of anilines is 2. The Labute approximate surface area is 173 Å². The zero-order valence-electron chi connectivity index (χ0n) is 13.4. The SMILES string of the molecule is COc1ccc(Br)c(Nc2cccc(Cl)c2SC2C=CC(Br)=CC2)c1. The zero-order valence-corrected chi connectivity index (χ0v) is 18.2. The summed E-state index contributed by atoms with van der Waals surface area (Å²) >= 11 is 15.3. The van der Waals surface area contributed by atoms with Gasteiger partial charge in [0.1, 0.15) is 5.75 Å². The molecule has 1 aliphatic carbocycles. The minimum atomic E-state index is 0.357. The number of hydrogen-bond donors (Lipinski definition) is 1. The molecule has 0 heterocycles. The molecule has 2 aromatic carbocycles. The third-order valence-electron chi connectivity index (χ3n) is 3.69. The second kappa shape index (κ2) is 8.67. The Morgan fingerprint density at radius 3 is 2.76 bits per heavy atom. The summed E-state index contributed by atoms with van der Waals surface area (Å²) in [4.78, 5) is 1.04. The summed E-state index contributed by atoms with van der Waals surface area (Å²) in [6.45, 7) is 0. The van der Waals surface area contributed by atoms with E-state index in [1.54, 1.807) is 18.9 Å². The fourth-order valence-corrected chi connectivity index (χ4v) is 4.49. The molecule has 0 fully saturated rings. The van der Waals surface area contributed by atoms with Crippen molar-refractivity contribution < 1.29 is 4.74 Å². The number of allylic oxidation sites excluding steroid dienone is 3. The average molecular weight is 502 g/mol. The highest BCUT2D eigenvalue weighted by Gasteiger charge is 2.16. The molecule has 0 aliphatic heterocycles. The first-order chi connectivity index (χ1) is 12.1. The van der Waals surface area contributed by atoms with Crippen LogP contribution in [0.3, 0.4) is 0 Å². The highest BCUT2D eigenvalue weighted by Crippen LogP contribution is 2.41. The van der Waals surface area contributed by atoms with Crippen molar-refractivity contribution >= 4 is 66.6 Å². The molecule has 0 amide bonds. The van der Waals surface area contributed by atoms with Crippen molar-refractivity contribution in [3.8, 4) is 5.75 Å². The first-order valence-corrected chi connectivity index (χ1v) is 10.5. The van der Waals surface area contributed by atoms with E-state index >= 15 is 0 Å². The molecular weight excluding hydrogens is 486 g/mol. The largest absolute Gasteiger partial charge is 0.497 e. The Morgan fingerprint density at radius 1 is 1.20 bits per heavy atom. The summed E-state index contributed by atoms with van der Waals surface area (Å²) in [6.07, 6.45) is 7.43. The minimum absolute atomic E-state index is 0.357. The number of methoxy groups -OCH3 is 1. The molecule has 1 N–H and O–H groups in total. The predicted molar refractivity (Wildman–Crippen MR) is 116 cm³/mol. The van der Waals surface area contributed by atoms with Gasteiger partial charge in [0.05, 0.1) is 28.4 Å². The summed E-state index contributed by atoms with van der Waals surface area (Å²) in [5, 5.41) is 4.58. The van der Waals surface area contributed by atoms with Gasteiger partial charge < -0.3 is 10.1 Å². The van der Waals surface area contributed by atoms with Gasteiger partial charge in [-0.1, -0.05) is 51.8 Å². The Bertz CT molecular complexity index is 838. The molecule has 1 unspecified atom stereocenters. The van der Waals surface area contributed by atoms with E-state index in [0.29, 0.717) is 5.25 Å². The van der Waals surface area contributed by atoms with Crippen LogP contribution < -0.4 is 10.1 Å². The lowest BCUT2D eigenvalue weighted by Crippen LogP contribution is -2.02. The lowest BCUT2D eigenvalue weighted by atomic mass is 10.2. The first-order valence-electron chi connectivity index (χ1n) is 7.66. The van der Waals surface area contributed by atoms with Gasteiger partial charge in [-0.15, -0.1) is 11.8 Å². The number of rotatable bonds is 5. The fourth-order valence-electron chi connectivity index (χ4n) is 2.41. The minimum Gasteiger partial charge on any atom is -0.497 e. The maximum atomic E-state index is 6.50. The van der Waals surface area contributed by atoms with Gasteiger partial charge in [-0.3, -0.25) is 0 Å². The molecule has 0 aromatic heterocycles. The molecule has 1 aliphatic rings. The van der Waals surface area contributed by atoms with Crippen molar-refractivity contribution in [1.29, 1.82) is 0 Å². The Balaban J connectivity index is 1.87. The van der Waals surface area contributed by atoms with Crippen LogP contribution >= 0.6 is 55.2 Å². The van der Waals surface area contributed by atoms with Crippen molar-refractivity contribution in [3.63, 3.8) is 0 Å². The van der Waals surface area contributed by atoms with E-state index in [4.69, 9.17) is 16.3 Å². The van der Waals surface area contributed by atoms with E-state index < -0.39 is 0 Å². The second-order valence-electron chi connectivity index (χ2n) is 5.43. The van der Waals surface area contributed by atoms with Crippen molar-refractivity contribution in [2.75, 3.05) is 12.4 Å². The molecule has 0 saturated heterocycles. The first kappa shape index (κ1) is 18.9. The summed E-state index contributed by atoms with van der Waals surface area (Å²) in [5.41, 5.74) is 1.92. The predicted octanol–water partition coefficient (Wildman–Crippen LogP) is 7.55. The van der Waals surface area contributed by atoms with Crippen LogP contribution in [0.25, 0.3) is 0 Å². The Kier molecular flexibility index (Phi) is 6.55. The van der Waals surface area contributed by atoms with E-state index in [1.165, 1.54) is 0 Å². The second-order valence-corrected chi connectivity index (χ2v) is 8.85. The van der Waals surface area contributed by atoms with Crippen molar-refractivity contribution in [2.45, 2.75) is 16.6 Å². The number of halogens is 3. The van der Waals surface area contributed by atoms with Gasteiger partial charge in [0.15, 0.2) is 0 Å². The third kappa shape index (κ3) is 4.85. The maximum absolute atomic E-state index is 6.50. The topological polar surface area (TPSA) is 21.3 Å². The van der Waals surface area contributed by atoms with E-state index in [0.717, 1.165) is 42.4 Å². The highest BCUT2D eigenvalue weighted by molar-refractivity contribution is 9.12. The van der Waals surface area contributed by atoms with Crippen LogP contribution in [-0.2, 0) is 0 Å². The van der Waals surface area contributed by atoms with Crippen LogP contribution in [0.1, 0.15) is 6.42 Å².